The standard InChI is InChI=1S/C17H7Cl2F3O/c18-11-7-14-13-6-10(17(20,21)22)1-2-12(13)9(3-4-23)5-15(14)16(19)8-11/h1-3,5-8H. The topological polar surface area (TPSA) is 17.1 Å². The van der Waals surface area contributed by atoms with Crippen molar-refractivity contribution in [2.45, 2.75) is 6.18 Å². The predicted molar refractivity (Wildman–Crippen MR) is 86.6 cm³/mol. The van der Waals surface area contributed by atoms with E-state index in [1.165, 1.54) is 18.2 Å². The summed E-state index contributed by atoms with van der Waals surface area (Å²) in [7, 11) is 0. The van der Waals surface area contributed by atoms with Gasteiger partial charge in [0.15, 0.2) is 0 Å². The summed E-state index contributed by atoms with van der Waals surface area (Å²) in [6.45, 7) is 0. The van der Waals surface area contributed by atoms with Gasteiger partial charge in [-0.1, -0.05) is 29.3 Å². The number of hydrogen-bond donors (Lipinski definition) is 0. The van der Waals surface area contributed by atoms with Gasteiger partial charge in [-0.25, -0.2) is 4.79 Å². The van der Waals surface area contributed by atoms with E-state index in [0.29, 0.717) is 37.2 Å². The van der Waals surface area contributed by atoms with Gasteiger partial charge in [0.25, 0.3) is 0 Å². The smallest absolute Gasteiger partial charge is 0.233 e. The Morgan fingerprint density at radius 1 is 0.913 bits per heavy atom. The van der Waals surface area contributed by atoms with Crippen molar-refractivity contribution < 1.29 is 18.0 Å². The SMILES string of the molecule is O=C=Cc1cc2c(Cl)cc(Cl)cc2c2cc(C(F)(F)F)ccc12. The van der Waals surface area contributed by atoms with Crippen LogP contribution in [0.4, 0.5) is 13.2 Å². The molecule has 3 aromatic carbocycles. The Kier molecular flexibility index (Phi) is 3.85. The van der Waals surface area contributed by atoms with Crippen molar-refractivity contribution in [1.82, 2.24) is 0 Å². The highest BCUT2D eigenvalue weighted by atomic mass is 35.5. The summed E-state index contributed by atoms with van der Waals surface area (Å²) < 4.78 is 39.0. The monoisotopic (exact) mass is 354 g/mol. The average Bonchev–Trinajstić information content (AvgIpc) is 2.47. The first-order valence-corrected chi connectivity index (χ1v) is 7.20. The second-order valence-electron chi connectivity index (χ2n) is 4.97. The third kappa shape index (κ3) is 2.81. The Labute approximate surface area is 138 Å². The Balaban J connectivity index is 2.54. The Bertz CT molecular complexity index is 987. The lowest BCUT2D eigenvalue weighted by atomic mass is 9.95. The van der Waals surface area contributed by atoms with Gasteiger partial charge in [0.2, 0.25) is 0 Å². The minimum absolute atomic E-state index is 0.298. The number of rotatable bonds is 1. The molecule has 0 saturated heterocycles. The van der Waals surface area contributed by atoms with Crippen molar-refractivity contribution in [2.75, 3.05) is 0 Å². The highest BCUT2D eigenvalue weighted by Gasteiger charge is 2.30. The Morgan fingerprint density at radius 2 is 1.61 bits per heavy atom. The molecule has 0 aliphatic rings. The molecule has 0 aromatic heterocycles. The molecular formula is C17H7Cl2F3O. The molecule has 0 aliphatic carbocycles. The second kappa shape index (κ2) is 5.57. The Morgan fingerprint density at radius 3 is 2.26 bits per heavy atom. The maximum atomic E-state index is 13.0. The van der Waals surface area contributed by atoms with E-state index in [9.17, 15) is 18.0 Å². The number of fused-ring (bicyclic) bond motifs is 3. The van der Waals surface area contributed by atoms with E-state index < -0.39 is 11.7 Å². The number of alkyl halides is 3. The molecule has 0 fully saturated rings. The summed E-state index contributed by atoms with van der Waals surface area (Å²) in [6, 6.07) is 8.03. The van der Waals surface area contributed by atoms with Crippen molar-refractivity contribution in [3.05, 3.63) is 57.6 Å². The molecule has 0 N–H and O–H groups in total. The van der Waals surface area contributed by atoms with Crippen LogP contribution in [-0.2, 0) is 11.0 Å². The molecule has 0 aliphatic heterocycles. The summed E-state index contributed by atoms with van der Waals surface area (Å²) in [6.07, 6.45) is -3.31. The van der Waals surface area contributed by atoms with Gasteiger partial charge in [0.05, 0.1) is 5.56 Å². The largest absolute Gasteiger partial charge is 0.416 e. The third-order valence-electron chi connectivity index (χ3n) is 3.56. The molecule has 0 unspecified atom stereocenters. The van der Waals surface area contributed by atoms with E-state index in [1.807, 2.05) is 0 Å². The van der Waals surface area contributed by atoms with Crippen LogP contribution in [0.15, 0.2) is 36.4 Å². The van der Waals surface area contributed by atoms with Crippen molar-refractivity contribution in [1.29, 1.82) is 0 Å². The fourth-order valence-electron chi connectivity index (χ4n) is 2.57. The molecule has 0 saturated carbocycles. The maximum Gasteiger partial charge on any atom is 0.416 e. The first kappa shape index (κ1) is 15.9. The van der Waals surface area contributed by atoms with Crippen LogP contribution >= 0.6 is 23.2 Å². The predicted octanol–water partition coefficient (Wildman–Crippen LogP) is 6.16. The molecule has 23 heavy (non-hydrogen) atoms. The molecular weight excluding hydrogens is 348 g/mol. The fraction of sp³-hybridized carbons (Fsp3) is 0.0588. The summed E-state index contributed by atoms with van der Waals surface area (Å²) in [4.78, 5) is 10.7. The zero-order valence-corrected chi connectivity index (χ0v) is 12.9. The minimum Gasteiger partial charge on any atom is -0.233 e. The summed E-state index contributed by atoms with van der Waals surface area (Å²) >= 11 is 12.1. The lowest BCUT2D eigenvalue weighted by Gasteiger charge is -2.12. The van der Waals surface area contributed by atoms with Crippen LogP contribution in [0.1, 0.15) is 11.1 Å². The van der Waals surface area contributed by atoms with Gasteiger partial charge >= 0.3 is 6.18 Å². The molecule has 0 amide bonds. The molecule has 116 valence electrons. The Hall–Kier alpha value is -2.00. The van der Waals surface area contributed by atoms with Crippen molar-refractivity contribution in [3.8, 4) is 0 Å². The van der Waals surface area contributed by atoms with E-state index in [1.54, 1.807) is 18.1 Å². The van der Waals surface area contributed by atoms with Gasteiger partial charge in [-0.2, -0.15) is 13.2 Å². The number of benzene rings is 3. The van der Waals surface area contributed by atoms with E-state index in [-0.39, 0.29) is 0 Å². The van der Waals surface area contributed by atoms with Gasteiger partial charge in [-0.3, -0.25) is 0 Å². The molecule has 3 rings (SSSR count). The van der Waals surface area contributed by atoms with Crippen LogP contribution in [0.5, 0.6) is 0 Å². The first-order valence-electron chi connectivity index (χ1n) is 6.45. The van der Waals surface area contributed by atoms with E-state index in [0.717, 1.165) is 12.1 Å². The minimum atomic E-state index is -4.47. The maximum absolute atomic E-state index is 13.0. The van der Waals surface area contributed by atoms with E-state index in [4.69, 9.17) is 23.2 Å². The van der Waals surface area contributed by atoms with Crippen LogP contribution in [0.2, 0.25) is 10.0 Å². The lowest BCUT2D eigenvalue weighted by molar-refractivity contribution is -0.137. The normalized spacial score (nSPS) is 11.7. The summed E-state index contributed by atoms with van der Waals surface area (Å²) in [5.74, 6) is 1.65. The fourth-order valence-corrected chi connectivity index (χ4v) is 3.11. The van der Waals surface area contributed by atoms with E-state index >= 15 is 0 Å². The van der Waals surface area contributed by atoms with Crippen LogP contribution in [0.25, 0.3) is 27.6 Å². The van der Waals surface area contributed by atoms with Gasteiger partial charge in [0, 0.05) is 21.5 Å². The van der Waals surface area contributed by atoms with Crippen LogP contribution in [-0.4, -0.2) is 5.94 Å². The molecule has 0 bridgehead atoms. The number of carbonyl (C=O) groups excluding carboxylic acids is 1. The summed E-state index contributed by atoms with van der Waals surface area (Å²) in [5, 5.41) is 2.44. The zero-order valence-electron chi connectivity index (χ0n) is 11.3. The molecule has 0 spiro atoms. The second-order valence-corrected chi connectivity index (χ2v) is 5.81. The molecule has 0 atom stereocenters. The van der Waals surface area contributed by atoms with Crippen LogP contribution in [0, 0.1) is 0 Å². The van der Waals surface area contributed by atoms with E-state index in [2.05, 4.69) is 0 Å². The first-order chi connectivity index (χ1) is 10.8. The van der Waals surface area contributed by atoms with Gasteiger partial charge in [-0.05, 0) is 52.1 Å². The quantitative estimate of drug-likeness (QED) is 0.377. The lowest BCUT2D eigenvalue weighted by Crippen LogP contribution is -2.04. The molecule has 0 radical (unpaired) electrons. The average molecular weight is 355 g/mol. The van der Waals surface area contributed by atoms with Crippen LogP contribution < -0.4 is 0 Å². The van der Waals surface area contributed by atoms with Gasteiger partial charge < -0.3 is 0 Å². The molecule has 0 heterocycles. The van der Waals surface area contributed by atoms with Crippen molar-refractivity contribution in [3.63, 3.8) is 0 Å². The molecule has 6 heteroatoms. The highest BCUT2D eigenvalue weighted by Crippen LogP contribution is 2.38. The molecule has 3 aromatic rings. The van der Waals surface area contributed by atoms with Crippen molar-refractivity contribution in [2.24, 2.45) is 0 Å². The highest BCUT2D eigenvalue weighted by molar-refractivity contribution is 6.40. The molecule has 1 nitrogen and oxygen atoms in total. The van der Waals surface area contributed by atoms with Gasteiger partial charge in [0.1, 0.15) is 5.94 Å². The van der Waals surface area contributed by atoms with Crippen LogP contribution in [0.3, 0.4) is 0 Å². The number of hydrogen-bond acceptors (Lipinski definition) is 1. The van der Waals surface area contributed by atoms with Crippen molar-refractivity contribution >= 4 is 56.8 Å². The zero-order chi connectivity index (χ0) is 16.8. The third-order valence-corrected chi connectivity index (χ3v) is 4.09. The number of halogens is 5. The summed E-state index contributed by atoms with van der Waals surface area (Å²) in [5.41, 5.74) is -0.338. The van der Waals surface area contributed by atoms with Gasteiger partial charge in [-0.15, -0.1) is 0 Å².